The lowest BCUT2D eigenvalue weighted by Crippen LogP contribution is -2.19. The van der Waals surface area contributed by atoms with E-state index in [2.05, 4.69) is 19.7 Å². The molecular formula is C20H23N5O4S. The maximum absolute atomic E-state index is 12.3. The molecule has 0 aliphatic heterocycles. The van der Waals surface area contributed by atoms with Crippen LogP contribution in [0.1, 0.15) is 24.5 Å². The molecule has 3 aromatic rings. The van der Waals surface area contributed by atoms with Crippen LogP contribution in [0.3, 0.4) is 0 Å². The van der Waals surface area contributed by atoms with E-state index in [1.54, 1.807) is 45.4 Å². The van der Waals surface area contributed by atoms with Crippen molar-refractivity contribution in [1.29, 1.82) is 0 Å². The van der Waals surface area contributed by atoms with Crippen molar-refractivity contribution < 1.29 is 13.2 Å². The predicted molar refractivity (Wildman–Crippen MR) is 114 cm³/mol. The Balaban J connectivity index is 2.10. The number of hydrogen-bond donors (Lipinski definition) is 1. The van der Waals surface area contributed by atoms with Crippen molar-refractivity contribution in [2.75, 3.05) is 10.5 Å². The van der Waals surface area contributed by atoms with E-state index >= 15 is 0 Å². The summed E-state index contributed by atoms with van der Waals surface area (Å²) in [4.78, 5) is 24.7. The molecule has 3 heterocycles. The van der Waals surface area contributed by atoms with E-state index in [-0.39, 0.29) is 23.1 Å². The first kappa shape index (κ1) is 21.4. The molecule has 0 spiro atoms. The van der Waals surface area contributed by atoms with Gasteiger partial charge in [0.15, 0.2) is 5.75 Å². The van der Waals surface area contributed by atoms with Crippen LogP contribution in [0.2, 0.25) is 0 Å². The Morgan fingerprint density at radius 3 is 2.60 bits per heavy atom. The van der Waals surface area contributed by atoms with Crippen molar-refractivity contribution in [2.24, 2.45) is 7.05 Å². The zero-order valence-corrected chi connectivity index (χ0v) is 18.0. The monoisotopic (exact) mass is 429 g/mol. The number of aromatic nitrogens is 4. The van der Waals surface area contributed by atoms with Crippen LogP contribution < -0.4 is 15.0 Å². The number of ether oxygens (including phenoxy) is 1. The molecule has 0 aliphatic rings. The van der Waals surface area contributed by atoms with Crippen molar-refractivity contribution in [3.05, 3.63) is 58.3 Å². The van der Waals surface area contributed by atoms with Gasteiger partial charge in [-0.2, -0.15) is 9.97 Å². The molecule has 0 aromatic carbocycles. The number of nitrogens with zero attached hydrogens (tertiary/aromatic N) is 4. The van der Waals surface area contributed by atoms with Gasteiger partial charge < -0.3 is 9.30 Å². The molecule has 158 valence electrons. The van der Waals surface area contributed by atoms with Gasteiger partial charge in [0, 0.05) is 36.6 Å². The van der Waals surface area contributed by atoms with E-state index in [9.17, 15) is 13.2 Å². The lowest BCUT2D eigenvalue weighted by Gasteiger charge is -2.12. The molecule has 30 heavy (non-hydrogen) atoms. The quantitative estimate of drug-likeness (QED) is 0.614. The summed E-state index contributed by atoms with van der Waals surface area (Å²) in [5, 5.41) is 0. The second kappa shape index (κ2) is 8.62. The molecular weight excluding hydrogens is 406 g/mol. The minimum absolute atomic E-state index is 0.0377. The van der Waals surface area contributed by atoms with Crippen LogP contribution in [0, 0.1) is 13.8 Å². The van der Waals surface area contributed by atoms with Crippen LogP contribution in [0.5, 0.6) is 11.8 Å². The molecule has 0 amide bonds. The second-order valence-electron chi connectivity index (χ2n) is 6.91. The van der Waals surface area contributed by atoms with E-state index in [0.717, 1.165) is 5.56 Å². The van der Waals surface area contributed by atoms with Crippen LogP contribution in [-0.2, 0) is 17.1 Å². The standard InChI is InChI=1S/C20H23N5O4S/c1-5-8-30(27,28)24-18-10-16(15-9-14(3)19(26)25(4)12-15)22-20(23-18)29-17-11-21-7-6-13(17)2/h6-7,9-12H,5,8H2,1-4H3,(H,22,23,24). The third-order valence-electron chi connectivity index (χ3n) is 4.29. The predicted octanol–water partition coefficient (Wildman–Crippen LogP) is 2.80. The van der Waals surface area contributed by atoms with Gasteiger partial charge in [-0.25, -0.2) is 8.42 Å². The smallest absolute Gasteiger partial charge is 0.324 e. The van der Waals surface area contributed by atoms with E-state index < -0.39 is 10.0 Å². The summed E-state index contributed by atoms with van der Waals surface area (Å²) in [6.07, 6.45) is 5.26. The van der Waals surface area contributed by atoms with Gasteiger partial charge >= 0.3 is 6.01 Å². The Kier molecular flexibility index (Phi) is 6.16. The van der Waals surface area contributed by atoms with E-state index in [1.165, 1.54) is 16.8 Å². The van der Waals surface area contributed by atoms with Gasteiger partial charge in [-0.1, -0.05) is 6.92 Å². The average Bonchev–Trinajstić information content (AvgIpc) is 2.67. The minimum Gasteiger partial charge on any atom is -0.422 e. The zero-order chi connectivity index (χ0) is 21.9. The first-order valence-corrected chi connectivity index (χ1v) is 11.0. The zero-order valence-electron chi connectivity index (χ0n) is 17.2. The molecule has 0 radical (unpaired) electrons. The first-order chi connectivity index (χ1) is 14.2. The second-order valence-corrected chi connectivity index (χ2v) is 8.75. The molecule has 0 saturated carbocycles. The third-order valence-corrected chi connectivity index (χ3v) is 5.75. The Morgan fingerprint density at radius 2 is 1.93 bits per heavy atom. The Morgan fingerprint density at radius 1 is 1.17 bits per heavy atom. The van der Waals surface area contributed by atoms with Crippen molar-refractivity contribution in [3.63, 3.8) is 0 Å². The number of hydrogen-bond acceptors (Lipinski definition) is 7. The fraction of sp³-hybridized carbons (Fsp3) is 0.300. The minimum atomic E-state index is -3.57. The van der Waals surface area contributed by atoms with Gasteiger partial charge in [0.2, 0.25) is 10.0 Å². The lowest BCUT2D eigenvalue weighted by molar-refractivity contribution is 0.438. The van der Waals surface area contributed by atoms with Crippen LogP contribution in [0.4, 0.5) is 5.82 Å². The maximum atomic E-state index is 12.3. The molecule has 0 fully saturated rings. The Labute approximate surface area is 174 Å². The van der Waals surface area contributed by atoms with Crippen LogP contribution >= 0.6 is 0 Å². The fourth-order valence-corrected chi connectivity index (χ4v) is 3.89. The first-order valence-electron chi connectivity index (χ1n) is 9.34. The van der Waals surface area contributed by atoms with Gasteiger partial charge in [-0.3, -0.25) is 14.5 Å². The van der Waals surface area contributed by atoms with Gasteiger partial charge in [-0.05, 0) is 38.0 Å². The van der Waals surface area contributed by atoms with Gasteiger partial charge in [0.1, 0.15) is 5.82 Å². The maximum Gasteiger partial charge on any atom is 0.324 e. The van der Waals surface area contributed by atoms with Crippen molar-refractivity contribution in [1.82, 2.24) is 19.5 Å². The van der Waals surface area contributed by atoms with E-state index in [1.807, 2.05) is 6.92 Å². The normalized spacial score (nSPS) is 11.3. The van der Waals surface area contributed by atoms with Crippen LogP contribution in [0.15, 0.2) is 41.6 Å². The summed E-state index contributed by atoms with van der Waals surface area (Å²) in [5.41, 5.74) is 2.27. The van der Waals surface area contributed by atoms with Crippen LogP contribution in [0.25, 0.3) is 11.3 Å². The molecule has 0 saturated heterocycles. The highest BCUT2D eigenvalue weighted by molar-refractivity contribution is 7.92. The van der Waals surface area contributed by atoms with E-state index in [4.69, 9.17) is 4.74 Å². The van der Waals surface area contributed by atoms with Crippen molar-refractivity contribution in [3.8, 4) is 23.0 Å². The molecule has 0 aliphatic carbocycles. The summed E-state index contributed by atoms with van der Waals surface area (Å²) in [7, 11) is -1.93. The average molecular weight is 430 g/mol. The number of aryl methyl sites for hydroxylation is 3. The van der Waals surface area contributed by atoms with Crippen molar-refractivity contribution in [2.45, 2.75) is 27.2 Å². The largest absolute Gasteiger partial charge is 0.422 e. The summed E-state index contributed by atoms with van der Waals surface area (Å²) in [5.74, 6) is 0.494. The summed E-state index contributed by atoms with van der Waals surface area (Å²) in [6.45, 7) is 5.33. The number of anilines is 1. The number of pyridine rings is 2. The SMILES string of the molecule is CCCS(=O)(=O)Nc1cc(-c2cc(C)c(=O)n(C)c2)nc(Oc2cnccc2C)n1. The van der Waals surface area contributed by atoms with Crippen molar-refractivity contribution >= 4 is 15.8 Å². The molecule has 3 rings (SSSR count). The number of nitrogens with one attached hydrogen (secondary N) is 1. The molecule has 10 heteroatoms. The van der Waals surface area contributed by atoms with Gasteiger partial charge in [0.25, 0.3) is 5.56 Å². The van der Waals surface area contributed by atoms with Crippen LogP contribution in [-0.4, -0.2) is 33.7 Å². The Hall–Kier alpha value is -3.27. The summed E-state index contributed by atoms with van der Waals surface area (Å²) in [6, 6.07) is 4.94. The molecule has 9 nitrogen and oxygen atoms in total. The van der Waals surface area contributed by atoms with Gasteiger partial charge in [-0.15, -0.1) is 0 Å². The molecule has 0 unspecified atom stereocenters. The highest BCUT2D eigenvalue weighted by Gasteiger charge is 2.16. The highest BCUT2D eigenvalue weighted by atomic mass is 32.2. The number of sulfonamides is 1. The molecule has 1 N–H and O–H groups in total. The lowest BCUT2D eigenvalue weighted by atomic mass is 10.1. The van der Waals surface area contributed by atoms with Gasteiger partial charge in [0.05, 0.1) is 17.6 Å². The molecule has 0 atom stereocenters. The summed E-state index contributed by atoms with van der Waals surface area (Å²) < 4.78 is 34.2. The molecule has 3 aromatic heterocycles. The summed E-state index contributed by atoms with van der Waals surface area (Å²) >= 11 is 0. The number of rotatable bonds is 7. The third kappa shape index (κ3) is 5.01. The highest BCUT2D eigenvalue weighted by Crippen LogP contribution is 2.27. The topological polar surface area (TPSA) is 116 Å². The molecule has 0 bridgehead atoms. The Bertz CT molecular complexity index is 1210. The fourth-order valence-electron chi connectivity index (χ4n) is 2.82. The van der Waals surface area contributed by atoms with E-state index in [0.29, 0.717) is 29.0 Å².